The average molecular weight is 265 g/mol. The van der Waals surface area contributed by atoms with Crippen LogP contribution in [-0.2, 0) is 10.3 Å². The van der Waals surface area contributed by atoms with Crippen molar-refractivity contribution in [2.45, 2.75) is 19.4 Å². The van der Waals surface area contributed by atoms with Gasteiger partial charge in [-0.15, -0.1) is 0 Å². The highest BCUT2D eigenvalue weighted by Crippen LogP contribution is 2.38. The normalized spacial score (nSPS) is 21.6. The van der Waals surface area contributed by atoms with Gasteiger partial charge in [-0.25, -0.2) is 4.99 Å². The lowest BCUT2D eigenvalue weighted by atomic mass is 9.83. The fourth-order valence-electron chi connectivity index (χ4n) is 2.66. The number of nitrogens with zero attached hydrogens (tertiary/aromatic N) is 1. The molecule has 1 unspecified atom stereocenters. The van der Waals surface area contributed by atoms with E-state index in [0.717, 1.165) is 11.5 Å². The Morgan fingerprint density at radius 2 is 1.55 bits per heavy atom. The Kier molecular flexibility index (Phi) is 3.31. The second-order valence-electron chi connectivity index (χ2n) is 5.50. The average Bonchev–Trinajstić information content (AvgIpc) is 2.96. The van der Waals surface area contributed by atoms with Crippen LogP contribution >= 0.6 is 0 Å². The van der Waals surface area contributed by atoms with Crippen LogP contribution in [0.5, 0.6) is 0 Å². The van der Waals surface area contributed by atoms with E-state index in [1.165, 1.54) is 5.56 Å². The first kappa shape index (κ1) is 12.9. The molecule has 2 heteroatoms. The summed E-state index contributed by atoms with van der Waals surface area (Å²) in [4.78, 5) is 4.65. The number of hydrogen-bond donors (Lipinski definition) is 0. The first-order chi connectivity index (χ1) is 9.72. The Balaban J connectivity index is 1.94. The molecule has 2 nitrogen and oxygen atoms in total. The zero-order valence-electron chi connectivity index (χ0n) is 11.9. The summed E-state index contributed by atoms with van der Waals surface area (Å²) in [6.45, 7) is 5.06. The van der Waals surface area contributed by atoms with Crippen molar-refractivity contribution in [2.24, 2.45) is 10.9 Å². The molecule has 0 aliphatic carbocycles. The molecule has 0 amide bonds. The molecule has 0 radical (unpaired) electrons. The molecule has 20 heavy (non-hydrogen) atoms. The van der Waals surface area contributed by atoms with Gasteiger partial charge in [-0.3, -0.25) is 0 Å². The van der Waals surface area contributed by atoms with Crippen molar-refractivity contribution < 1.29 is 4.74 Å². The molecule has 0 fully saturated rings. The molecule has 0 spiro atoms. The summed E-state index contributed by atoms with van der Waals surface area (Å²) >= 11 is 0. The minimum absolute atomic E-state index is 0.341. The summed E-state index contributed by atoms with van der Waals surface area (Å²) < 4.78 is 6.33. The molecule has 0 N–H and O–H groups in total. The van der Waals surface area contributed by atoms with Gasteiger partial charge in [-0.05, 0) is 23.6 Å². The second kappa shape index (κ2) is 5.12. The Morgan fingerprint density at radius 3 is 2.15 bits per heavy atom. The lowest BCUT2D eigenvalue weighted by Gasteiger charge is -2.33. The zero-order valence-corrected chi connectivity index (χ0v) is 11.9. The molecule has 1 atom stereocenters. The first-order valence-electron chi connectivity index (χ1n) is 7.07. The number of ether oxygens (including phenoxy) is 1. The molecular weight excluding hydrogens is 246 g/mol. The van der Waals surface area contributed by atoms with E-state index in [2.05, 4.69) is 43.1 Å². The molecule has 0 bridgehead atoms. The van der Waals surface area contributed by atoms with Crippen LogP contribution in [0.15, 0.2) is 65.7 Å². The fourth-order valence-corrected chi connectivity index (χ4v) is 2.66. The third-order valence-corrected chi connectivity index (χ3v) is 3.95. The molecule has 0 aromatic heterocycles. The summed E-state index contributed by atoms with van der Waals surface area (Å²) in [5, 5.41) is 0. The highest BCUT2D eigenvalue weighted by Gasteiger charge is 2.42. The topological polar surface area (TPSA) is 21.6 Å². The maximum atomic E-state index is 6.33. The van der Waals surface area contributed by atoms with Gasteiger partial charge in [0, 0.05) is 5.56 Å². The molecule has 3 rings (SSSR count). The largest absolute Gasteiger partial charge is 0.464 e. The zero-order chi connectivity index (χ0) is 14.0. The summed E-state index contributed by atoms with van der Waals surface area (Å²) in [5.74, 6) is 1.11. The minimum Gasteiger partial charge on any atom is -0.464 e. The van der Waals surface area contributed by atoms with Crippen molar-refractivity contribution in [3.8, 4) is 0 Å². The summed E-state index contributed by atoms with van der Waals surface area (Å²) in [6.07, 6.45) is 0. The number of hydrogen-bond acceptors (Lipinski definition) is 2. The number of benzene rings is 2. The van der Waals surface area contributed by atoms with E-state index in [1.54, 1.807) is 0 Å². The van der Waals surface area contributed by atoms with Gasteiger partial charge in [0.25, 0.3) is 0 Å². The van der Waals surface area contributed by atoms with Crippen LogP contribution in [0.25, 0.3) is 0 Å². The number of aliphatic imine (C=N–C) groups is 1. The van der Waals surface area contributed by atoms with Crippen molar-refractivity contribution in [3.05, 3.63) is 71.8 Å². The van der Waals surface area contributed by atoms with Gasteiger partial charge in [0.2, 0.25) is 5.90 Å². The molecular formula is C18H19NO. The Morgan fingerprint density at radius 1 is 0.950 bits per heavy atom. The van der Waals surface area contributed by atoms with Crippen molar-refractivity contribution >= 4 is 5.90 Å². The van der Waals surface area contributed by atoms with Crippen LogP contribution in [0, 0.1) is 5.92 Å². The van der Waals surface area contributed by atoms with Crippen LogP contribution < -0.4 is 0 Å². The van der Waals surface area contributed by atoms with Crippen molar-refractivity contribution in [1.82, 2.24) is 0 Å². The molecule has 1 aliphatic rings. The molecule has 102 valence electrons. The van der Waals surface area contributed by atoms with Crippen LogP contribution in [0.4, 0.5) is 0 Å². The lowest BCUT2D eigenvalue weighted by molar-refractivity contribution is 0.0355. The summed E-state index contributed by atoms with van der Waals surface area (Å²) in [6, 6.07) is 20.5. The van der Waals surface area contributed by atoms with E-state index in [9.17, 15) is 0 Å². The van der Waals surface area contributed by atoms with Crippen LogP contribution in [0.2, 0.25) is 0 Å². The van der Waals surface area contributed by atoms with E-state index in [1.807, 2.05) is 36.4 Å². The monoisotopic (exact) mass is 265 g/mol. The van der Waals surface area contributed by atoms with Gasteiger partial charge in [-0.2, -0.15) is 0 Å². The first-order valence-corrected chi connectivity index (χ1v) is 7.07. The van der Waals surface area contributed by atoms with E-state index in [0.29, 0.717) is 12.5 Å². The van der Waals surface area contributed by atoms with Gasteiger partial charge in [-0.1, -0.05) is 62.4 Å². The lowest BCUT2D eigenvalue weighted by Crippen LogP contribution is -2.36. The van der Waals surface area contributed by atoms with Crippen molar-refractivity contribution in [1.29, 1.82) is 0 Å². The van der Waals surface area contributed by atoms with Gasteiger partial charge >= 0.3 is 0 Å². The summed E-state index contributed by atoms with van der Waals surface area (Å²) in [7, 11) is 0. The minimum atomic E-state index is -0.341. The smallest absolute Gasteiger partial charge is 0.217 e. The standard InChI is InChI=1S/C18H19NO/c1-14(2)18(16-11-7-4-8-12-16)13-19-17(20-18)15-9-5-3-6-10-15/h3-12,14H,13H2,1-2H3. The fraction of sp³-hybridized carbons (Fsp3) is 0.278. The maximum absolute atomic E-state index is 6.33. The maximum Gasteiger partial charge on any atom is 0.217 e. The predicted molar refractivity (Wildman–Crippen MR) is 81.9 cm³/mol. The van der Waals surface area contributed by atoms with Crippen molar-refractivity contribution in [2.75, 3.05) is 6.54 Å². The molecule has 1 heterocycles. The highest BCUT2D eigenvalue weighted by molar-refractivity contribution is 5.95. The predicted octanol–water partition coefficient (Wildman–Crippen LogP) is 4.01. The third-order valence-electron chi connectivity index (χ3n) is 3.95. The van der Waals surface area contributed by atoms with Gasteiger partial charge in [0.15, 0.2) is 5.60 Å². The van der Waals surface area contributed by atoms with Gasteiger partial charge < -0.3 is 4.74 Å². The highest BCUT2D eigenvalue weighted by atomic mass is 16.5. The molecule has 2 aromatic rings. The van der Waals surface area contributed by atoms with Gasteiger partial charge in [0.1, 0.15) is 0 Å². The van der Waals surface area contributed by atoms with Crippen LogP contribution in [0.3, 0.4) is 0 Å². The SMILES string of the molecule is CC(C)C1(c2ccccc2)CN=C(c2ccccc2)O1. The Hall–Kier alpha value is -2.09. The molecule has 0 saturated carbocycles. The van der Waals surface area contributed by atoms with Crippen LogP contribution in [0.1, 0.15) is 25.0 Å². The van der Waals surface area contributed by atoms with E-state index < -0.39 is 0 Å². The molecule has 2 aromatic carbocycles. The number of rotatable bonds is 3. The molecule has 0 saturated heterocycles. The van der Waals surface area contributed by atoms with E-state index >= 15 is 0 Å². The van der Waals surface area contributed by atoms with Crippen LogP contribution in [-0.4, -0.2) is 12.4 Å². The second-order valence-corrected chi connectivity index (χ2v) is 5.50. The molecule has 1 aliphatic heterocycles. The van der Waals surface area contributed by atoms with E-state index in [4.69, 9.17) is 4.74 Å². The third kappa shape index (κ3) is 2.11. The summed E-state index contributed by atoms with van der Waals surface area (Å²) in [5.41, 5.74) is 1.91. The Labute approximate surface area is 120 Å². The van der Waals surface area contributed by atoms with Gasteiger partial charge in [0.05, 0.1) is 6.54 Å². The Bertz CT molecular complexity index is 604. The quantitative estimate of drug-likeness (QED) is 0.821. The van der Waals surface area contributed by atoms with E-state index in [-0.39, 0.29) is 5.60 Å². The van der Waals surface area contributed by atoms with Crippen molar-refractivity contribution in [3.63, 3.8) is 0 Å².